The molecule has 18 rings (SSSR count). The van der Waals surface area contributed by atoms with E-state index in [0.717, 1.165) is 100 Å². The van der Waals surface area contributed by atoms with Gasteiger partial charge in [-0.3, -0.25) is 4.57 Å². The fourth-order valence-electron chi connectivity index (χ4n) is 12.0. The molecule has 0 aliphatic heterocycles. The van der Waals surface area contributed by atoms with E-state index >= 15 is 0 Å². The summed E-state index contributed by atoms with van der Waals surface area (Å²) in [6.07, 6.45) is 1.08. The predicted molar refractivity (Wildman–Crippen MR) is 334 cm³/mol. The van der Waals surface area contributed by atoms with Crippen LogP contribution in [-0.4, -0.2) is 24.5 Å². The van der Waals surface area contributed by atoms with Crippen molar-refractivity contribution in [2.45, 2.75) is 6.42 Å². The van der Waals surface area contributed by atoms with Crippen molar-refractivity contribution in [3.63, 3.8) is 0 Å². The molecule has 12 aromatic carbocycles. The summed E-state index contributed by atoms with van der Waals surface area (Å²) in [7, 11) is 0. The standard InChI is InChI=1S/C36H21N3O.C20H11ClN2O.C17H12/c1-2-10-23-20-32-29(19-22(23)9-1)25-11-4-7-15-31(25)39(32)36-28-13-3-6-14-30(28)37-35(38-36)24-17-18-27-26-12-5-8-16-33(26)40-34(27)21-24;21-19-15-6-1-3-7-16(15)22-20(23-19)12-9-10-14-13-5-2-4-8-17(13)24-18(14)11-12;1-2-6-13-11-17-15(9-12(13)5-1)10-14-7-3-4-8-16(14)17/h1-21H;1-11H;1-9,11H,10H2. The van der Waals surface area contributed by atoms with E-state index in [1.165, 1.54) is 54.6 Å². The van der Waals surface area contributed by atoms with Crippen molar-refractivity contribution in [1.82, 2.24) is 24.5 Å². The summed E-state index contributed by atoms with van der Waals surface area (Å²) < 4.78 is 14.4. The van der Waals surface area contributed by atoms with Crippen LogP contribution in [0.25, 0.3) is 149 Å². The normalized spacial score (nSPS) is 12.0. The van der Waals surface area contributed by atoms with Gasteiger partial charge < -0.3 is 8.83 Å². The van der Waals surface area contributed by atoms with Crippen molar-refractivity contribution in [1.29, 1.82) is 0 Å². The molecule has 17 aromatic rings. The lowest BCUT2D eigenvalue weighted by Gasteiger charge is -2.13. The van der Waals surface area contributed by atoms with Crippen LogP contribution in [0, 0.1) is 0 Å². The molecule has 0 bridgehead atoms. The second kappa shape index (κ2) is 18.9. The lowest BCUT2D eigenvalue weighted by molar-refractivity contribution is 0.668. The van der Waals surface area contributed by atoms with Gasteiger partial charge in [0.25, 0.3) is 0 Å². The van der Waals surface area contributed by atoms with Crippen LogP contribution < -0.4 is 0 Å². The minimum Gasteiger partial charge on any atom is -0.456 e. The lowest BCUT2D eigenvalue weighted by Crippen LogP contribution is -2.02. The Hall–Kier alpha value is -10.5. The Labute approximate surface area is 468 Å². The molecule has 0 saturated heterocycles. The predicted octanol–water partition coefficient (Wildman–Crippen LogP) is 19.7. The molecule has 1 aliphatic carbocycles. The topological polar surface area (TPSA) is 82.8 Å². The third-order valence-electron chi connectivity index (χ3n) is 15.8. The zero-order valence-electron chi connectivity index (χ0n) is 43.4. The molecule has 5 aromatic heterocycles. The van der Waals surface area contributed by atoms with Crippen LogP contribution in [0.4, 0.5) is 0 Å². The Bertz CT molecular complexity index is 5390. The second-order valence-corrected chi connectivity index (χ2v) is 21.0. The van der Waals surface area contributed by atoms with Gasteiger partial charge in [-0.15, -0.1) is 0 Å². The summed E-state index contributed by atoms with van der Waals surface area (Å²) in [6, 6.07) is 88.1. The van der Waals surface area contributed by atoms with Crippen LogP contribution >= 0.6 is 11.6 Å². The number of rotatable bonds is 3. The number of benzene rings is 12. The van der Waals surface area contributed by atoms with Gasteiger partial charge in [0.15, 0.2) is 11.6 Å². The highest BCUT2D eigenvalue weighted by Crippen LogP contribution is 2.41. The van der Waals surface area contributed by atoms with E-state index in [9.17, 15) is 0 Å². The summed E-state index contributed by atoms with van der Waals surface area (Å²) in [5.74, 6) is 2.13. The van der Waals surface area contributed by atoms with Crippen molar-refractivity contribution in [2.75, 3.05) is 0 Å². The van der Waals surface area contributed by atoms with Crippen molar-refractivity contribution < 1.29 is 8.83 Å². The summed E-state index contributed by atoms with van der Waals surface area (Å²) in [4.78, 5) is 19.4. The fraction of sp³-hybridized carbons (Fsp3) is 0.0137. The first-order chi connectivity index (χ1) is 40.0. The van der Waals surface area contributed by atoms with Gasteiger partial charge in [-0.05, 0) is 135 Å². The zero-order chi connectivity index (χ0) is 53.5. The van der Waals surface area contributed by atoms with Gasteiger partial charge in [0.05, 0.1) is 22.1 Å². The van der Waals surface area contributed by atoms with Gasteiger partial charge in [-0.1, -0.05) is 181 Å². The van der Waals surface area contributed by atoms with Gasteiger partial charge in [0, 0.05) is 54.2 Å². The number of para-hydroxylation sites is 5. The molecule has 8 heteroatoms. The van der Waals surface area contributed by atoms with Crippen molar-refractivity contribution >= 4 is 121 Å². The Morgan fingerprint density at radius 1 is 0.321 bits per heavy atom. The molecule has 0 N–H and O–H groups in total. The van der Waals surface area contributed by atoms with Crippen molar-refractivity contribution in [3.8, 4) is 39.7 Å². The highest BCUT2D eigenvalue weighted by Gasteiger charge is 2.21. The van der Waals surface area contributed by atoms with Crippen LogP contribution in [0.1, 0.15) is 11.1 Å². The van der Waals surface area contributed by atoms with Gasteiger partial charge >= 0.3 is 0 Å². The summed E-state index contributed by atoms with van der Waals surface area (Å²) >= 11 is 6.32. The molecule has 0 spiro atoms. The molecule has 7 nitrogen and oxygen atoms in total. The van der Waals surface area contributed by atoms with Gasteiger partial charge in [0.2, 0.25) is 0 Å². The van der Waals surface area contributed by atoms with Crippen molar-refractivity contribution in [2.24, 2.45) is 0 Å². The molecular formula is C73H44ClN5O2. The molecule has 0 fully saturated rings. The maximum absolute atomic E-state index is 6.32. The third-order valence-corrected chi connectivity index (χ3v) is 16.1. The van der Waals surface area contributed by atoms with Crippen LogP contribution in [0.3, 0.4) is 0 Å². The first-order valence-corrected chi connectivity index (χ1v) is 27.5. The Morgan fingerprint density at radius 2 is 0.815 bits per heavy atom. The summed E-state index contributed by atoms with van der Waals surface area (Å²) in [6.45, 7) is 0. The monoisotopic (exact) mass is 1060 g/mol. The zero-order valence-corrected chi connectivity index (χ0v) is 44.1. The molecule has 0 atom stereocenters. The van der Waals surface area contributed by atoms with E-state index in [0.29, 0.717) is 16.8 Å². The molecule has 1 aliphatic rings. The largest absolute Gasteiger partial charge is 0.456 e. The number of hydrogen-bond acceptors (Lipinski definition) is 6. The highest BCUT2D eigenvalue weighted by atomic mass is 35.5. The number of halogens is 1. The van der Waals surface area contributed by atoms with E-state index in [1.54, 1.807) is 0 Å². The Balaban J connectivity index is 0.000000111. The number of nitrogens with zero attached hydrogens (tertiary/aromatic N) is 5. The molecule has 0 amide bonds. The number of hydrogen-bond donors (Lipinski definition) is 0. The van der Waals surface area contributed by atoms with E-state index in [4.69, 9.17) is 30.4 Å². The third kappa shape index (κ3) is 7.96. The molecular weight excluding hydrogens is 1010 g/mol. The minimum absolute atomic E-state index is 0.459. The van der Waals surface area contributed by atoms with Crippen molar-refractivity contribution in [3.05, 3.63) is 271 Å². The van der Waals surface area contributed by atoms with Gasteiger partial charge in [-0.2, -0.15) is 0 Å². The van der Waals surface area contributed by atoms with Crippen LogP contribution in [0.15, 0.2) is 264 Å². The smallest absolute Gasteiger partial charge is 0.162 e. The average Bonchev–Trinajstić information content (AvgIpc) is 4.35. The average molecular weight is 1060 g/mol. The molecule has 0 unspecified atom stereocenters. The maximum atomic E-state index is 6.32. The van der Waals surface area contributed by atoms with Crippen LogP contribution in [0.2, 0.25) is 5.15 Å². The Morgan fingerprint density at radius 3 is 1.49 bits per heavy atom. The first kappa shape index (κ1) is 46.6. The molecule has 380 valence electrons. The maximum Gasteiger partial charge on any atom is 0.162 e. The number of aromatic nitrogens is 5. The number of furan rings is 2. The molecule has 81 heavy (non-hydrogen) atoms. The SMILES string of the molecule is Clc1nc(-c2ccc3c(c2)oc2ccccc23)nc2ccccc12.c1ccc2c(c1)Cc1cc3ccccc3cc1-2.c1ccc2cc3c(cc2c1)c1ccccc1n3-c1nc(-c2ccc3c(c2)oc2ccccc23)nc2ccccc12. The first-order valence-electron chi connectivity index (χ1n) is 27.1. The summed E-state index contributed by atoms with van der Waals surface area (Å²) in [5.41, 5.74) is 14.9. The second-order valence-electron chi connectivity index (χ2n) is 20.6. The van der Waals surface area contributed by atoms with Crippen LogP contribution in [0.5, 0.6) is 0 Å². The van der Waals surface area contributed by atoms with E-state index in [1.807, 2.05) is 84.9 Å². The summed E-state index contributed by atoms with van der Waals surface area (Å²) in [5, 5.41) is 14.2. The van der Waals surface area contributed by atoms with E-state index in [2.05, 4.69) is 184 Å². The van der Waals surface area contributed by atoms with Crippen LogP contribution in [-0.2, 0) is 6.42 Å². The lowest BCUT2D eigenvalue weighted by atomic mass is 10.0. The highest BCUT2D eigenvalue weighted by molar-refractivity contribution is 6.34. The van der Waals surface area contributed by atoms with E-state index in [-0.39, 0.29) is 0 Å². The number of fused-ring (bicyclic) bond motifs is 16. The van der Waals surface area contributed by atoms with E-state index < -0.39 is 0 Å². The fourth-order valence-corrected chi connectivity index (χ4v) is 12.2. The Kier molecular flexibility index (Phi) is 10.9. The molecule has 0 saturated carbocycles. The quantitative estimate of drug-likeness (QED) is 0.164. The minimum atomic E-state index is 0.459. The van der Waals surface area contributed by atoms with Gasteiger partial charge in [-0.25, -0.2) is 19.9 Å². The molecule has 0 radical (unpaired) electrons. The molecule has 5 heterocycles. The van der Waals surface area contributed by atoms with Gasteiger partial charge in [0.1, 0.15) is 33.3 Å².